The maximum absolute atomic E-state index is 12.1. The van der Waals surface area contributed by atoms with Crippen LogP contribution in [0.1, 0.15) is 50.5 Å². The lowest BCUT2D eigenvalue weighted by atomic mass is 9.71. The molecule has 2 rings (SSSR count). The molecule has 5 nitrogen and oxygen atoms in total. The van der Waals surface area contributed by atoms with Gasteiger partial charge in [0.25, 0.3) is 0 Å². The van der Waals surface area contributed by atoms with Gasteiger partial charge >= 0.3 is 0 Å². The van der Waals surface area contributed by atoms with Crippen LogP contribution in [0.4, 0.5) is 0 Å². The van der Waals surface area contributed by atoms with E-state index < -0.39 is 0 Å². The molecule has 140 valence electrons. The summed E-state index contributed by atoms with van der Waals surface area (Å²) < 4.78 is 0. The summed E-state index contributed by atoms with van der Waals surface area (Å²) in [6.45, 7) is 1.46. The predicted octanol–water partition coefficient (Wildman–Crippen LogP) is 2.53. The molecule has 1 aliphatic carbocycles. The zero-order valence-electron chi connectivity index (χ0n) is 14.8. The van der Waals surface area contributed by atoms with Gasteiger partial charge in [0.05, 0.1) is 0 Å². The highest BCUT2D eigenvalue weighted by molar-refractivity contribution is 5.85. The zero-order valence-corrected chi connectivity index (χ0v) is 15.6. The number of amides is 2. The molecular formula is C19H30ClN3O2. The Morgan fingerprint density at radius 2 is 1.68 bits per heavy atom. The smallest absolute Gasteiger partial charge is 0.222 e. The van der Waals surface area contributed by atoms with Crippen LogP contribution in [-0.2, 0) is 16.1 Å². The molecule has 1 aliphatic rings. The van der Waals surface area contributed by atoms with Crippen molar-refractivity contribution in [2.24, 2.45) is 11.1 Å². The first kappa shape index (κ1) is 21.5. The third-order valence-electron chi connectivity index (χ3n) is 4.89. The summed E-state index contributed by atoms with van der Waals surface area (Å²) in [5.74, 6) is -0.0384. The minimum absolute atomic E-state index is 0. The summed E-state index contributed by atoms with van der Waals surface area (Å²) in [5.41, 5.74) is 6.95. The van der Waals surface area contributed by atoms with Gasteiger partial charge in [0.2, 0.25) is 11.8 Å². The predicted molar refractivity (Wildman–Crippen MR) is 102 cm³/mol. The first-order valence-electron chi connectivity index (χ1n) is 8.91. The van der Waals surface area contributed by atoms with E-state index in [1.54, 1.807) is 0 Å². The van der Waals surface area contributed by atoms with Crippen LogP contribution in [0.25, 0.3) is 0 Å². The SMILES string of the molecule is Cl.NCC1(CC(=O)NCCC(=O)NCc2ccccc2)CCCCC1. The summed E-state index contributed by atoms with van der Waals surface area (Å²) >= 11 is 0. The van der Waals surface area contributed by atoms with Crippen molar-refractivity contribution in [2.75, 3.05) is 13.1 Å². The van der Waals surface area contributed by atoms with Crippen molar-refractivity contribution in [2.45, 2.75) is 51.5 Å². The maximum Gasteiger partial charge on any atom is 0.222 e. The van der Waals surface area contributed by atoms with Crippen LogP contribution < -0.4 is 16.4 Å². The number of nitrogens with two attached hydrogens (primary N) is 1. The Morgan fingerprint density at radius 3 is 2.32 bits per heavy atom. The van der Waals surface area contributed by atoms with E-state index in [0.29, 0.717) is 32.5 Å². The molecule has 4 N–H and O–H groups in total. The molecule has 1 aromatic carbocycles. The molecule has 0 radical (unpaired) electrons. The monoisotopic (exact) mass is 367 g/mol. The molecule has 0 heterocycles. The third kappa shape index (κ3) is 7.45. The molecule has 0 saturated heterocycles. The Balaban J connectivity index is 0.00000312. The fourth-order valence-corrected chi connectivity index (χ4v) is 3.36. The molecule has 1 saturated carbocycles. The Hall–Kier alpha value is -1.59. The molecule has 6 heteroatoms. The van der Waals surface area contributed by atoms with Crippen molar-refractivity contribution in [3.63, 3.8) is 0 Å². The van der Waals surface area contributed by atoms with Crippen LogP contribution in [0, 0.1) is 5.41 Å². The van der Waals surface area contributed by atoms with Crippen LogP contribution in [0.5, 0.6) is 0 Å². The van der Waals surface area contributed by atoms with E-state index >= 15 is 0 Å². The topological polar surface area (TPSA) is 84.2 Å². The number of halogens is 1. The van der Waals surface area contributed by atoms with E-state index in [1.807, 2.05) is 30.3 Å². The summed E-state index contributed by atoms with van der Waals surface area (Å²) in [5, 5.41) is 5.73. The molecule has 0 spiro atoms. The lowest BCUT2D eigenvalue weighted by molar-refractivity contribution is -0.124. The van der Waals surface area contributed by atoms with Crippen LogP contribution in [-0.4, -0.2) is 24.9 Å². The normalized spacial score (nSPS) is 15.7. The molecule has 2 amide bonds. The minimum Gasteiger partial charge on any atom is -0.356 e. The number of rotatable bonds is 8. The van der Waals surface area contributed by atoms with Crippen molar-refractivity contribution in [3.05, 3.63) is 35.9 Å². The quantitative estimate of drug-likeness (QED) is 0.660. The molecule has 0 aliphatic heterocycles. The minimum atomic E-state index is -0.0506. The molecular weight excluding hydrogens is 338 g/mol. The van der Waals surface area contributed by atoms with E-state index in [1.165, 1.54) is 6.42 Å². The van der Waals surface area contributed by atoms with Crippen LogP contribution in [0.15, 0.2) is 30.3 Å². The van der Waals surface area contributed by atoms with Crippen LogP contribution in [0.3, 0.4) is 0 Å². The van der Waals surface area contributed by atoms with Crippen molar-refractivity contribution in [1.82, 2.24) is 10.6 Å². The van der Waals surface area contributed by atoms with E-state index in [4.69, 9.17) is 5.73 Å². The van der Waals surface area contributed by atoms with E-state index in [9.17, 15) is 9.59 Å². The average molecular weight is 368 g/mol. The second-order valence-electron chi connectivity index (χ2n) is 6.80. The highest BCUT2D eigenvalue weighted by Gasteiger charge is 2.32. The summed E-state index contributed by atoms with van der Waals surface area (Å²) in [6, 6.07) is 9.78. The summed E-state index contributed by atoms with van der Waals surface area (Å²) in [6.07, 6.45) is 6.41. The number of carbonyl (C=O) groups is 2. The van der Waals surface area contributed by atoms with Crippen molar-refractivity contribution < 1.29 is 9.59 Å². The summed E-state index contributed by atoms with van der Waals surface area (Å²) in [4.78, 5) is 24.0. The zero-order chi connectivity index (χ0) is 17.3. The number of hydrogen-bond donors (Lipinski definition) is 3. The summed E-state index contributed by atoms with van der Waals surface area (Å²) in [7, 11) is 0. The Bertz CT molecular complexity index is 531. The Kier molecular flexibility index (Phi) is 9.53. The van der Waals surface area contributed by atoms with Crippen LogP contribution in [0.2, 0.25) is 0 Å². The van der Waals surface area contributed by atoms with Gasteiger partial charge in [-0.05, 0) is 30.4 Å². The number of nitrogens with one attached hydrogen (secondary N) is 2. The molecule has 1 aromatic rings. The molecule has 0 unspecified atom stereocenters. The Morgan fingerprint density at radius 1 is 1.00 bits per heavy atom. The van der Waals surface area contributed by atoms with Gasteiger partial charge in [-0.25, -0.2) is 0 Å². The van der Waals surface area contributed by atoms with Gasteiger partial charge in [-0.15, -0.1) is 12.4 Å². The largest absolute Gasteiger partial charge is 0.356 e. The molecule has 0 atom stereocenters. The van der Waals surface area contributed by atoms with Crippen molar-refractivity contribution in [3.8, 4) is 0 Å². The molecule has 0 bridgehead atoms. The highest BCUT2D eigenvalue weighted by atomic mass is 35.5. The van der Waals surface area contributed by atoms with E-state index in [-0.39, 0.29) is 29.6 Å². The molecule has 25 heavy (non-hydrogen) atoms. The average Bonchev–Trinajstić information content (AvgIpc) is 2.61. The first-order valence-corrected chi connectivity index (χ1v) is 8.91. The van der Waals surface area contributed by atoms with E-state index in [0.717, 1.165) is 31.2 Å². The lowest BCUT2D eigenvalue weighted by Crippen LogP contribution is -2.39. The van der Waals surface area contributed by atoms with Gasteiger partial charge in [-0.1, -0.05) is 49.6 Å². The van der Waals surface area contributed by atoms with Gasteiger partial charge in [-0.2, -0.15) is 0 Å². The van der Waals surface area contributed by atoms with E-state index in [2.05, 4.69) is 10.6 Å². The lowest BCUT2D eigenvalue weighted by Gasteiger charge is -2.35. The first-order chi connectivity index (χ1) is 11.6. The number of carbonyl (C=O) groups excluding carboxylic acids is 2. The number of benzene rings is 1. The van der Waals surface area contributed by atoms with Gasteiger partial charge in [0.1, 0.15) is 0 Å². The fourth-order valence-electron chi connectivity index (χ4n) is 3.36. The van der Waals surface area contributed by atoms with Gasteiger partial charge in [0.15, 0.2) is 0 Å². The Labute approximate surface area is 156 Å². The van der Waals surface area contributed by atoms with Crippen molar-refractivity contribution in [1.29, 1.82) is 0 Å². The number of hydrogen-bond acceptors (Lipinski definition) is 3. The van der Waals surface area contributed by atoms with Gasteiger partial charge in [0, 0.05) is 25.9 Å². The fraction of sp³-hybridized carbons (Fsp3) is 0.579. The van der Waals surface area contributed by atoms with Gasteiger partial charge in [-0.3, -0.25) is 9.59 Å². The maximum atomic E-state index is 12.1. The van der Waals surface area contributed by atoms with Gasteiger partial charge < -0.3 is 16.4 Å². The second-order valence-corrected chi connectivity index (χ2v) is 6.80. The third-order valence-corrected chi connectivity index (χ3v) is 4.89. The second kappa shape index (κ2) is 11.1. The van der Waals surface area contributed by atoms with Crippen LogP contribution >= 0.6 is 12.4 Å². The standard InChI is InChI=1S/C19H29N3O2.ClH/c20-15-19(10-5-2-6-11-19)13-18(24)21-12-9-17(23)22-14-16-7-3-1-4-8-16;/h1,3-4,7-8H,2,5-6,9-15,20H2,(H,21,24)(H,22,23);1H. The highest BCUT2D eigenvalue weighted by Crippen LogP contribution is 2.38. The molecule has 1 fully saturated rings. The molecule has 0 aromatic heterocycles. The van der Waals surface area contributed by atoms with Crippen molar-refractivity contribution >= 4 is 24.2 Å².